The summed E-state index contributed by atoms with van der Waals surface area (Å²) >= 11 is 0. The minimum atomic E-state index is 0.0605. The van der Waals surface area contributed by atoms with E-state index >= 15 is 0 Å². The lowest BCUT2D eigenvalue weighted by molar-refractivity contribution is 0.393. The molecule has 3 rings (SSSR count). The zero-order valence-electron chi connectivity index (χ0n) is 13.4. The predicted octanol–water partition coefficient (Wildman–Crippen LogP) is 3.50. The number of rotatable bonds is 6. The molecule has 0 saturated heterocycles. The second kappa shape index (κ2) is 6.66. The van der Waals surface area contributed by atoms with E-state index in [2.05, 4.69) is 15.5 Å². The van der Waals surface area contributed by atoms with E-state index in [0.717, 1.165) is 17.1 Å². The van der Waals surface area contributed by atoms with Crippen molar-refractivity contribution in [3.63, 3.8) is 0 Å². The molecule has 0 aliphatic carbocycles. The van der Waals surface area contributed by atoms with Gasteiger partial charge in [-0.05, 0) is 38.1 Å². The molecule has 1 aromatic carbocycles. The number of ether oxygens (including phenoxy) is 1. The van der Waals surface area contributed by atoms with E-state index in [1.807, 2.05) is 50.2 Å². The van der Waals surface area contributed by atoms with Crippen LogP contribution in [-0.4, -0.2) is 17.3 Å². The Balaban J connectivity index is 1.68. The Bertz CT molecular complexity index is 779. The smallest absolute Gasteiger partial charge is 0.251 e. The number of furan rings is 1. The van der Waals surface area contributed by atoms with Gasteiger partial charge in [-0.25, -0.2) is 0 Å². The number of hydrogen-bond acceptors (Lipinski definition) is 6. The van der Waals surface area contributed by atoms with Crippen molar-refractivity contribution in [3.8, 4) is 17.2 Å². The largest absolute Gasteiger partial charge is 0.496 e. The van der Waals surface area contributed by atoms with Crippen LogP contribution in [0, 0.1) is 6.92 Å². The van der Waals surface area contributed by atoms with Crippen molar-refractivity contribution in [1.82, 2.24) is 15.5 Å². The molecule has 0 aliphatic rings. The molecule has 1 N–H and O–H groups in total. The molecule has 23 heavy (non-hydrogen) atoms. The van der Waals surface area contributed by atoms with E-state index < -0.39 is 0 Å². The number of methoxy groups -OCH3 is 1. The van der Waals surface area contributed by atoms with Crippen molar-refractivity contribution in [2.24, 2.45) is 0 Å². The number of para-hydroxylation sites is 1. The van der Waals surface area contributed by atoms with Gasteiger partial charge >= 0.3 is 0 Å². The fourth-order valence-electron chi connectivity index (χ4n) is 2.28. The quantitative estimate of drug-likeness (QED) is 0.751. The molecule has 2 aromatic heterocycles. The van der Waals surface area contributed by atoms with Crippen molar-refractivity contribution in [2.45, 2.75) is 26.4 Å². The number of hydrogen-bond donors (Lipinski definition) is 1. The van der Waals surface area contributed by atoms with Crippen molar-refractivity contribution in [2.75, 3.05) is 7.11 Å². The van der Waals surface area contributed by atoms with Crippen molar-refractivity contribution < 1.29 is 13.6 Å². The number of aryl methyl sites for hydroxylation is 1. The van der Waals surface area contributed by atoms with Crippen LogP contribution in [-0.2, 0) is 6.54 Å². The maximum atomic E-state index is 5.71. The highest BCUT2D eigenvalue weighted by Crippen LogP contribution is 2.28. The Morgan fingerprint density at radius 3 is 2.70 bits per heavy atom. The molecule has 120 valence electrons. The van der Waals surface area contributed by atoms with Crippen LogP contribution >= 0.6 is 0 Å². The Morgan fingerprint density at radius 2 is 1.96 bits per heavy atom. The van der Waals surface area contributed by atoms with Gasteiger partial charge in [-0.2, -0.15) is 0 Å². The Hall–Kier alpha value is -2.60. The second-order valence-electron chi connectivity index (χ2n) is 5.25. The molecule has 0 aliphatic heterocycles. The second-order valence-corrected chi connectivity index (χ2v) is 5.25. The van der Waals surface area contributed by atoms with Crippen LogP contribution in [0.2, 0.25) is 0 Å². The summed E-state index contributed by atoms with van der Waals surface area (Å²) in [5.41, 5.74) is 0.781. The fourth-order valence-corrected chi connectivity index (χ4v) is 2.28. The normalized spacial score (nSPS) is 12.3. The van der Waals surface area contributed by atoms with Gasteiger partial charge in [-0.3, -0.25) is 5.32 Å². The van der Waals surface area contributed by atoms with Crippen LogP contribution in [0.25, 0.3) is 11.5 Å². The van der Waals surface area contributed by atoms with Gasteiger partial charge in [0.1, 0.15) is 17.3 Å². The summed E-state index contributed by atoms with van der Waals surface area (Å²) < 4.78 is 16.6. The number of nitrogens with zero attached hydrogens (tertiary/aromatic N) is 2. The minimum Gasteiger partial charge on any atom is -0.496 e. The van der Waals surface area contributed by atoms with Crippen molar-refractivity contribution >= 4 is 0 Å². The zero-order chi connectivity index (χ0) is 16.2. The average Bonchev–Trinajstić information content (AvgIpc) is 3.21. The molecule has 3 aromatic rings. The highest BCUT2D eigenvalue weighted by molar-refractivity contribution is 5.62. The molecule has 0 unspecified atom stereocenters. The summed E-state index contributed by atoms with van der Waals surface area (Å²) in [6.45, 7) is 4.41. The summed E-state index contributed by atoms with van der Waals surface area (Å²) in [5.74, 6) is 3.44. The number of benzene rings is 1. The molecule has 0 spiro atoms. The van der Waals surface area contributed by atoms with Gasteiger partial charge in [0.2, 0.25) is 5.89 Å². The lowest BCUT2D eigenvalue weighted by Crippen LogP contribution is -2.17. The van der Waals surface area contributed by atoms with Gasteiger partial charge < -0.3 is 13.6 Å². The van der Waals surface area contributed by atoms with Gasteiger partial charge in [0.05, 0.1) is 25.3 Å². The summed E-state index contributed by atoms with van der Waals surface area (Å²) in [6, 6.07) is 11.5. The molecule has 1 atom stereocenters. The summed E-state index contributed by atoms with van der Waals surface area (Å²) in [6.07, 6.45) is 0. The molecule has 6 nitrogen and oxygen atoms in total. The maximum absolute atomic E-state index is 5.71. The lowest BCUT2D eigenvalue weighted by Gasteiger charge is -2.08. The average molecular weight is 313 g/mol. The van der Waals surface area contributed by atoms with Crippen molar-refractivity contribution in [3.05, 3.63) is 53.8 Å². The van der Waals surface area contributed by atoms with Gasteiger partial charge in [0.25, 0.3) is 5.89 Å². The van der Waals surface area contributed by atoms with Crippen LogP contribution in [0.3, 0.4) is 0 Å². The molecular weight excluding hydrogens is 294 g/mol. The fraction of sp³-hybridized carbons (Fsp3) is 0.294. The third kappa shape index (κ3) is 3.43. The Morgan fingerprint density at radius 1 is 1.13 bits per heavy atom. The Labute approximate surface area is 134 Å². The van der Waals surface area contributed by atoms with E-state index in [-0.39, 0.29) is 6.04 Å². The third-order valence-corrected chi connectivity index (χ3v) is 3.55. The summed E-state index contributed by atoms with van der Waals surface area (Å²) in [4.78, 5) is 0. The lowest BCUT2D eigenvalue weighted by atomic mass is 10.2. The monoisotopic (exact) mass is 313 g/mol. The third-order valence-electron chi connectivity index (χ3n) is 3.55. The molecule has 0 saturated carbocycles. The standard InChI is InChI=1S/C17H19N3O3/c1-11-8-9-14(22-11)12(2)18-10-16-19-20-17(23-16)13-6-4-5-7-15(13)21-3/h4-9,12,18H,10H2,1-3H3/t12-/m0/s1. The predicted molar refractivity (Wildman–Crippen MR) is 85.0 cm³/mol. The summed E-state index contributed by atoms with van der Waals surface area (Å²) in [7, 11) is 1.62. The highest BCUT2D eigenvalue weighted by atomic mass is 16.5. The molecule has 2 heterocycles. The SMILES string of the molecule is COc1ccccc1-c1nnc(CN[C@@H](C)c2ccc(C)o2)o1. The van der Waals surface area contributed by atoms with Crippen LogP contribution < -0.4 is 10.1 Å². The zero-order valence-corrected chi connectivity index (χ0v) is 13.4. The van der Waals surface area contributed by atoms with Gasteiger partial charge in [0.15, 0.2) is 0 Å². The van der Waals surface area contributed by atoms with E-state index in [4.69, 9.17) is 13.6 Å². The molecular formula is C17H19N3O3. The van der Waals surface area contributed by atoms with E-state index in [1.165, 1.54) is 0 Å². The molecule has 0 amide bonds. The highest BCUT2D eigenvalue weighted by Gasteiger charge is 2.14. The molecule has 0 radical (unpaired) electrons. The first-order valence-corrected chi connectivity index (χ1v) is 7.43. The first-order chi connectivity index (χ1) is 11.2. The molecule has 0 bridgehead atoms. The molecule has 6 heteroatoms. The molecule has 0 fully saturated rings. The van der Waals surface area contributed by atoms with Crippen LogP contribution in [0.1, 0.15) is 30.4 Å². The van der Waals surface area contributed by atoms with Crippen LogP contribution in [0.4, 0.5) is 0 Å². The van der Waals surface area contributed by atoms with E-state index in [0.29, 0.717) is 24.1 Å². The van der Waals surface area contributed by atoms with Crippen LogP contribution in [0.5, 0.6) is 5.75 Å². The van der Waals surface area contributed by atoms with E-state index in [1.54, 1.807) is 7.11 Å². The number of aromatic nitrogens is 2. The first kappa shape index (κ1) is 15.3. The maximum Gasteiger partial charge on any atom is 0.251 e. The van der Waals surface area contributed by atoms with Crippen LogP contribution in [0.15, 0.2) is 45.2 Å². The minimum absolute atomic E-state index is 0.0605. The van der Waals surface area contributed by atoms with Gasteiger partial charge in [-0.15, -0.1) is 10.2 Å². The first-order valence-electron chi connectivity index (χ1n) is 7.43. The van der Waals surface area contributed by atoms with Gasteiger partial charge in [-0.1, -0.05) is 12.1 Å². The Kier molecular flexibility index (Phi) is 4.43. The number of nitrogens with one attached hydrogen (secondary N) is 1. The summed E-state index contributed by atoms with van der Waals surface area (Å²) in [5, 5.41) is 11.5. The van der Waals surface area contributed by atoms with Crippen molar-refractivity contribution in [1.29, 1.82) is 0 Å². The van der Waals surface area contributed by atoms with Gasteiger partial charge in [0, 0.05) is 0 Å². The van der Waals surface area contributed by atoms with E-state index in [9.17, 15) is 0 Å². The topological polar surface area (TPSA) is 73.3 Å².